The zero-order valence-corrected chi connectivity index (χ0v) is 9.31. The Morgan fingerprint density at radius 1 is 1.28 bits per heavy atom. The highest BCUT2D eigenvalue weighted by Gasteiger charge is 2.14. The molecule has 0 saturated carbocycles. The summed E-state index contributed by atoms with van der Waals surface area (Å²) < 4.78 is 13.0. The van der Waals surface area contributed by atoms with Crippen LogP contribution in [0.4, 0.5) is 21.6 Å². The van der Waals surface area contributed by atoms with Crippen LogP contribution in [-0.4, -0.2) is 4.98 Å². The minimum absolute atomic E-state index is 0.272. The molecule has 2 heterocycles. The monoisotopic (exact) mass is 247 g/mol. The van der Waals surface area contributed by atoms with Crippen molar-refractivity contribution in [1.82, 2.24) is 4.98 Å². The molecule has 0 amide bonds. The molecule has 0 saturated heterocycles. The molecular formula is C12H10FN3O2. The maximum absolute atomic E-state index is 13.0. The molecule has 0 atom stereocenters. The summed E-state index contributed by atoms with van der Waals surface area (Å²) >= 11 is 0. The van der Waals surface area contributed by atoms with Gasteiger partial charge in [0.25, 0.3) is 0 Å². The van der Waals surface area contributed by atoms with Gasteiger partial charge < -0.3 is 15.9 Å². The van der Waals surface area contributed by atoms with Crippen LogP contribution in [-0.2, 0) is 11.5 Å². The minimum Gasteiger partial charge on any atom is -0.396 e. The molecule has 3 rings (SSSR count). The van der Waals surface area contributed by atoms with Gasteiger partial charge in [-0.3, -0.25) is 0 Å². The predicted molar refractivity (Wildman–Crippen MR) is 63.7 cm³/mol. The highest BCUT2D eigenvalue weighted by Crippen LogP contribution is 2.30. The van der Waals surface area contributed by atoms with E-state index < -0.39 is 5.95 Å². The number of nitrogen functional groups attached to an aromatic ring is 1. The molecule has 1 aliphatic heterocycles. The molecule has 18 heavy (non-hydrogen) atoms. The zero-order chi connectivity index (χ0) is 12.5. The molecule has 0 radical (unpaired) electrons. The van der Waals surface area contributed by atoms with Crippen LogP contribution in [0.3, 0.4) is 0 Å². The SMILES string of the molecule is Nc1ccc(F)nc1Nc1ccc2c(c1)OOC2. The van der Waals surface area contributed by atoms with E-state index in [1.165, 1.54) is 12.1 Å². The van der Waals surface area contributed by atoms with Gasteiger partial charge in [0, 0.05) is 17.3 Å². The maximum atomic E-state index is 13.0. The van der Waals surface area contributed by atoms with Gasteiger partial charge in [-0.1, -0.05) is 6.07 Å². The molecule has 0 spiro atoms. The van der Waals surface area contributed by atoms with Gasteiger partial charge in [0.05, 0.1) is 5.69 Å². The summed E-state index contributed by atoms with van der Waals surface area (Å²) in [5.74, 6) is 0.316. The average Bonchev–Trinajstić information content (AvgIpc) is 2.81. The van der Waals surface area contributed by atoms with Crippen LogP contribution in [0.1, 0.15) is 5.56 Å². The van der Waals surface area contributed by atoms with E-state index in [0.717, 1.165) is 5.56 Å². The normalized spacial score (nSPS) is 12.9. The first-order chi connectivity index (χ1) is 8.72. The fourth-order valence-corrected chi connectivity index (χ4v) is 1.67. The second-order valence-electron chi connectivity index (χ2n) is 3.86. The van der Waals surface area contributed by atoms with E-state index in [1.807, 2.05) is 12.1 Å². The molecular weight excluding hydrogens is 237 g/mol. The smallest absolute Gasteiger partial charge is 0.214 e. The van der Waals surface area contributed by atoms with Gasteiger partial charge in [-0.15, -0.1) is 0 Å². The first-order valence-electron chi connectivity index (χ1n) is 5.34. The standard InChI is InChI=1S/C12H10FN3O2/c13-11-4-3-9(14)12(16-11)15-8-2-1-7-6-17-18-10(7)5-8/h1-5H,6,14H2,(H,15,16). The Hall–Kier alpha value is -2.34. The van der Waals surface area contributed by atoms with Crippen molar-refractivity contribution in [2.75, 3.05) is 11.1 Å². The lowest BCUT2D eigenvalue weighted by Gasteiger charge is -2.08. The Morgan fingerprint density at radius 3 is 3.06 bits per heavy atom. The number of aromatic nitrogens is 1. The molecule has 0 aliphatic carbocycles. The van der Waals surface area contributed by atoms with Crippen molar-refractivity contribution in [3.8, 4) is 5.75 Å². The first-order valence-corrected chi connectivity index (χ1v) is 5.34. The summed E-state index contributed by atoms with van der Waals surface area (Å²) in [4.78, 5) is 13.5. The van der Waals surface area contributed by atoms with Crippen molar-refractivity contribution in [2.24, 2.45) is 0 Å². The highest BCUT2D eigenvalue weighted by atomic mass is 19.1. The summed E-state index contributed by atoms with van der Waals surface area (Å²) in [6.45, 7) is 0.427. The molecule has 0 fully saturated rings. The molecule has 1 aromatic carbocycles. The average molecular weight is 247 g/mol. The van der Waals surface area contributed by atoms with Gasteiger partial charge >= 0.3 is 0 Å². The number of nitrogens with zero attached hydrogens (tertiary/aromatic N) is 1. The van der Waals surface area contributed by atoms with Crippen molar-refractivity contribution in [3.63, 3.8) is 0 Å². The van der Waals surface area contributed by atoms with Gasteiger partial charge in [-0.2, -0.15) is 9.28 Å². The predicted octanol–water partition coefficient (Wildman–Crippen LogP) is 2.37. The molecule has 1 aromatic heterocycles. The summed E-state index contributed by atoms with van der Waals surface area (Å²) in [6, 6.07) is 8.09. The lowest BCUT2D eigenvalue weighted by atomic mass is 10.2. The van der Waals surface area contributed by atoms with E-state index >= 15 is 0 Å². The molecule has 0 bridgehead atoms. The van der Waals surface area contributed by atoms with Gasteiger partial charge in [-0.25, -0.2) is 4.98 Å². The van der Waals surface area contributed by atoms with Crippen molar-refractivity contribution in [3.05, 3.63) is 41.8 Å². The van der Waals surface area contributed by atoms with Gasteiger partial charge in [0.15, 0.2) is 11.6 Å². The number of halogens is 1. The van der Waals surface area contributed by atoms with E-state index in [-0.39, 0.29) is 5.82 Å². The van der Waals surface area contributed by atoms with Crippen LogP contribution < -0.4 is 15.9 Å². The molecule has 5 nitrogen and oxygen atoms in total. The van der Waals surface area contributed by atoms with Crippen LogP contribution >= 0.6 is 0 Å². The maximum Gasteiger partial charge on any atom is 0.214 e. The van der Waals surface area contributed by atoms with E-state index in [0.29, 0.717) is 23.7 Å². The van der Waals surface area contributed by atoms with Crippen LogP contribution in [0.2, 0.25) is 0 Å². The van der Waals surface area contributed by atoms with Crippen molar-refractivity contribution < 1.29 is 14.2 Å². The van der Waals surface area contributed by atoms with E-state index in [1.54, 1.807) is 6.07 Å². The van der Waals surface area contributed by atoms with Crippen molar-refractivity contribution in [1.29, 1.82) is 0 Å². The summed E-state index contributed by atoms with van der Waals surface area (Å²) in [6.07, 6.45) is 0. The first kappa shape index (κ1) is 10.8. The third-order valence-electron chi connectivity index (χ3n) is 2.59. The molecule has 6 heteroatoms. The number of hydrogen-bond acceptors (Lipinski definition) is 5. The number of nitrogens with one attached hydrogen (secondary N) is 1. The number of hydrogen-bond donors (Lipinski definition) is 2. The number of nitrogens with two attached hydrogens (primary N) is 1. The Kier molecular flexibility index (Phi) is 2.49. The third-order valence-corrected chi connectivity index (χ3v) is 2.59. The molecule has 92 valence electrons. The minimum atomic E-state index is -0.590. The largest absolute Gasteiger partial charge is 0.396 e. The number of benzene rings is 1. The van der Waals surface area contributed by atoms with Gasteiger partial charge in [0.2, 0.25) is 5.95 Å². The number of fused-ring (bicyclic) bond motifs is 1. The van der Waals surface area contributed by atoms with Crippen LogP contribution in [0.25, 0.3) is 0 Å². The van der Waals surface area contributed by atoms with Crippen LogP contribution in [0.15, 0.2) is 30.3 Å². The lowest BCUT2D eigenvalue weighted by molar-refractivity contribution is -0.194. The van der Waals surface area contributed by atoms with Crippen molar-refractivity contribution >= 4 is 17.2 Å². The Labute approximate surface area is 102 Å². The van der Waals surface area contributed by atoms with E-state index in [2.05, 4.69) is 10.3 Å². The van der Waals surface area contributed by atoms with E-state index in [9.17, 15) is 4.39 Å². The summed E-state index contributed by atoms with van der Waals surface area (Å²) in [5, 5.41) is 2.93. The summed E-state index contributed by atoms with van der Waals surface area (Å²) in [5.41, 5.74) is 7.73. The number of anilines is 3. The Bertz CT molecular complexity index is 604. The quantitative estimate of drug-likeness (QED) is 0.629. The third kappa shape index (κ3) is 1.93. The second kappa shape index (κ2) is 4.15. The topological polar surface area (TPSA) is 69.4 Å². The second-order valence-corrected chi connectivity index (χ2v) is 3.86. The molecule has 1 aliphatic rings. The van der Waals surface area contributed by atoms with Crippen LogP contribution in [0, 0.1) is 5.95 Å². The number of rotatable bonds is 2. The van der Waals surface area contributed by atoms with E-state index in [4.69, 9.17) is 15.5 Å². The van der Waals surface area contributed by atoms with Gasteiger partial charge in [-0.05, 0) is 18.2 Å². The zero-order valence-electron chi connectivity index (χ0n) is 9.31. The number of pyridine rings is 1. The Balaban J connectivity index is 1.90. The fourth-order valence-electron chi connectivity index (χ4n) is 1.67. The van der Waals surface area contributed by atoms with Gasteiger partial charge in [0.1, 0.15) is 6.61 Å². The molecule has 0 unspecified atom stereocenters. The Morgan fingerprint density at radius 2 is 2.17 bits per heavy atom. The highest BCUT2D eigenvalue weighted by molar-refractivity contribution is 5.69. The summed E-state index contributed by atoms with van der Waals surface area (Å²) in [7, 11) is 0. The fraction of sp³-hybridized carbons (Fsp3) is 0.0833. The molecule has 3 N–H and O–H groups in total. The van der Waals surface area contributed by atoms with Crippen molar-refractivity contribution in [2.45, 2.75) is 6.61 Å². The lowest BCUT2D eigenvalue weighted by Crippen LogP contribution is -2.00. The van der Waals surface area contributed by atoms with Crippen LogP contribution in [0.5, 0.6) is 5.75 Å². The molecule has 2 aromatic rings.